The van der Waals surface area contributed by atoms with Gasteiger partial charge in [0.2, 0.25) is 0 Å². The number of amidine groups is 2. The van der Waals surface area contributed by atoms with Crippen molar-refractivity contribution in [2.24, 2.45) is 9.98 Å². The normalized spacial score (nSPS) is 14.9. The van der Waals surface area contributed by atoms with E-state index < -0.39 is 6.17 Å². The molecule has 0 spiro atoms. The van der Waals surface area contributed by atoms with Crippen molar-refractivity contribution in [1.82, 2.24) is 9.88 Å². The summed E-state index contributed by atoms with van der Waals surface area (Å²) in [6.07, 6.45) is -0.393. The van der Waals surface area contributed by atoms with Crippen molar-refractivity contribution < 1.29 is 0 Å². The zero-order valence-corrected chi connectivity index (χ0v) is 28.9. The van der Waals surface area contributed by atoms with Crippen LogP contribution in [0.25, 0.3) is 67.8 Å². The number of benzene rings is 7. The molecular formula is C45H28N4S2. The molecule has 0 amide bonds. The Morgan fingerprint density at radius 3 is 1.88 bits per heavy atom. The number of nitrogens with one attached hydrogen (secondary N) is 1. The van der Waals surface area contributed by atoms with E-state index in [-0.39, 0.29) is 0 Å². The Morgan fingerprint density at radius 1 is 0.471 bits per heavy atom. The molecule has 11 rings (SSSR count). The van der Waals surface area contributed by atoms with Crippen LogP contribution in [0.4, 0.5) is 0 Å². The number of aromatic nitrogens is 1. The molecule has 1 aliphatic rings. The van der Waals surface area contributed by atoms with Crippen LogP contribution in [-0.4, -0.2) is 16.2 Å². The van der Waals surface area contributed by atoms with Gasteiger partial charge in [-0.3, -0.25) is 0 Å². The van der Waals surface area contributed by atoms with E-state index in [1.54, 1.807) is 0 Å². The fourth-order valence-corrected chi connectivity index (χ4v) is 10.0. The number of aliphatic imine (C=N–C) groups is 2. The Labute approximate surface area is 301 Å². The molecule has 0 saturated heterocycles. The van der Waals surface area contributed by atoms with Gasteiger partial charge in [-0.25, -0.2) is 9.98 Å². The largest absolute Gasteiger partial charge is 0.324 e. The lowest BCUT2D eigenvalue weighted by molar-refractivity contribution is 0.755. The lowest BCUT2D eigenvalue weighted by atomic mass is 10.1. The van der Waals surface area contributed by atoms with E-state index in [9.17, 15) is 0 Å². The highest BCUT2D eigenvalue weighted by atomic mass is 32.1. The molecule has 0 saturated carbocycles. The van der Waals surface area contributed by atoms with Crippen LogP contribution in [0.5, 0.6) is 0 Å². The molecule has 4 nitrogen and oxygen atoms in total. The summed E-state index contributed by atoms with van der Waals surface area (Å²) >= 11 is 3.70. The molecule has 3 aromatic heterocycles. The van der Waals surface area contributed by atoms with E-state index in [2.05, 4.69) is 162 Å². The Kier molecular flexibility index (Phi) is 6.32. The maximum Gasteiger partial charge on any atom is 0.169 e. The van der Waals surface area contributed by atoms with Crippen molar-refractivity contribution in [3.8, 4) is 5.69 Å². The average Bonchev–Trinajstić information content (AvgIpc) is 3.87. The molecule has 0 aliphatic carbocycles. The average molecular weight is 689 g/mol. The predicted octanol–water partition coefficient (Wildman–Crippen LogP) is 12.0. The highest BCUT2D eigenvalue weighted by molar-refractivity contribution is 7.26. The zero-order valence-electron chi connectivity index (χ0n) is 27.2. The number of thiophene rings is 2. The molecule has 51 heavy (non-hydrogen) atoms. The minimum Gasteiger partial charge on any atom is -0.324 e. The van der Waals surface area contributed by atoms with Crippen LogP contribution in [0, 0.1) is 0 Å². The van der Waals surface area contributed by atoms with Crippen molar-refractivity contribution in [3.63, 3.8) is 0 Å². The van der Waals surface area contributed by atoms with Crippen LogP contribution in [0.15, 0.2) is 168 Å². The van der Waals surface area contributed by atoms with Gasteiger partial charge in [0.25, 0.3) is 0 Å². The van der Waals surface area contributed by atoms with Crippen LogP contribution >= 0.6 is 22.7 Å². The monoisotopic (exact) mass is 688 g/mol. The second-order valence-corrected chi connectivity index (χ2v) is 15.1. The summed E-state index contributed by atoms with van der Waals surface area (Å²) in [6.45, 7) is 0. The summed E-state index contributed by atoms with van der Waals surface area (Å²) in [4.78, 5) is 10.4. The number of fused-ring (bicyclic) bond motifs is 10. The molecule has 1 aliphatic heterocycles. The molecule has 1 atom stereocenters. The minimum absolute atomic E-state index is 0.393. The smallest absolute Gasteiger partial charge is 0.169 e. The summed E-state index contributed by atoms with van der Waals surface area (Å²) < 4.78 is 7.60. The van der Waals surface area contributed by atoms with Crippen molar-refractivity contribution in [1.29, 1.82) is 0 Å². The third-order valence-corrected chi connectivity index (χ3v) is 12.4. The van der Waals surface area contributed by atoms with Gasteiger partial charge < -0.3 is 9.88 Å². The molecule has 0 bridgehead atoms. The summed E-state index contributed by atoms with van der Waals surface area (Å²) in [5.41, 5.74) is 6.71. The van der Waals surface area contributed by atoms with Crippen LogP contribution in [0.1, 0.15) is 22.9 Å². The molecule has 6 heteroatoms. The van der Waals surface area contributed by atoms with Crippen LogP contribution in [-0.2, 0) is 0 Å². The lowest BCUT2D eigenvalue weighted by Crippen LogP contribution is -2.36. The molecule has 0 radical (unpaired) electrons. The first kappa shape index (κ1) is 28.7. The van der Waals surface area contributed by atoms with Gasteiger partial charge in [-0.1, -0.05) is 121 Å². The fourth-order valence-electron chi connectivity index (χ4n) is 7.66. The van der Waals surface area contributed by atoms with Gasteiger partial charge in [0, 0.05) is 63.2 Å². The first-order chi connectivity index (χ1) is 25.3. The molecule has 0 fully saturated rings. The van der Waals surface area contributed by atoms with Crippen molar-refractivity contribution >= 4 is 96.5 Å². The van der Waals surface area contributed by atoms with Crippen molar-refractivity contribution in [3.05, 3.63) is 174 Å². The Bertz CT molecular complexity index is 3050. The third-order valence-electron chi connectivity index (χ3n) is 10.1. The maximum absolute atomic E-state index is 5.23. The SMILES string of the molecule is c1ccc(C2=NC(c3ccc(-n4c5ccccc5c5ccc6c7ccccc7sc6c54)cc3)N=C(c3ccc4c(c3)sc3ccccc34)N2)cc1. The van der Waals surface area contributed by atoms with E-state index in [1.165, 1.54) is 62.2 Å². The van der Waals surface area contributed by atoms with Gasteiger partial charge in [0.05, 0.1) is 15.7 Å². The van der Waals surface area contributed by atoms with Crippen molar-refractivity contribution in [2.75, 3.05) is 0 Å². The lowest BCUT2D eigenvalue weighted by Gasteiger charge is -2.22. The molecule has 7 aromatic carbocycles. The number of hydrogen-bond acceptors (Lipinski definition) is 5. The summed E-state index contributed by atoms with van der Waals surface area (Å²) in [5.74, 6) is 1.65. The molecule has 4 heterocycles. The minimum atomic E-state index is -0.393. The number of rotatable bonds is 4. The standard InChI is InChI=1S/C45H28N4S2/c1-2-10-27(11-3-1)43-46-44(48-45(47-43)29-20-23-34-32-13-5-8-16-38(32)50-40(34)26-29)28-18-21-30(22-19-28)49-37-15-7-4-12-31(37)35-24-25-36-33-14-6-9-17-39(33)51-42(36)41(35)49/h1-26,44H,(H,46,47,48). The van der Waals surface area contributed by atoms with E-state index in [0.717, 1.165) is 34.0 Å². The van der Waals surface area contributed by atoms with Crippen LogP contribution < -0.4 is 5.32 Å². The molecule has 1 unspecified atom stereocenters. The van der Waals surface area contributed by atoms with Gasteiger partial charge in [0.15, 0.2) is 6.17 Å². The quantitative estimate of drug-likeness (QED) is 0.196. The summed E-state index contributed by atoms with van der Waals surface area (Å²) in [7, 11) is 0. The third kappa shape index (κ3) is 4.50. The first-order valence-corrected chi connectivity index (χ1v) is 18.7. The van der Waals surface area contributed by atoms with E-state index >= 15 is 0 Å². The molecule has 240 valence electrons. The second-order valence-electron chi connectivity index (χ2n) is 13.0. The Morgan fingerprint density at radius 2 is 1.08 bits per heavy atom. The molecule has 1 N–H and O–H groups in total. The van der Waals surface area contributed by atoms with Crippen molar-refractivity contribution in [2.45, 2.75) is 6.17 Å². The molecule has 10 aromatic rings. The topological polar surface area (TPSA) is 41.7 Å². The van der Waals surface area contributed by atoms with E-state index in [1.807, 2.05) is 28.7 Å². The summed E-state index contributed by atoms with van der Waals surface area (Å²) in [5, 5.41) is 11.3. The maximum atomic E-state index is 5.23. The first-order valence-electron chi connectivity index (χ1n) is 17.1. The van der Waals surface area contributed by atoms with Gasteiger partial charge in [-0.15, -0.1) is 22.7 Å². The van der Waals surface area contributed by atoms with E-state index in [4.69, 9.17) is 9.98 Å². The van der Waals surface area contributed by atoms with Gasteiger partial charge in [0.1, 0.15) is 11.7 Å². The zero-order chi connectivity index (χ0) is 33.5. The predicted molar refractivity (Wildman–Crippen MR) is 218 cm³/mol. The second kappa shape index (κ2) is 11.2. The van der Waals surface area contributed by atoms with Gasteiger partial charge in [-0.05, 0) is 42.0 Å². The Balaban J connectivity index is 1.05. The van der Waals surface area contributed by atoms with Gasteiger partial charge in [-0.2, -0.15) is 0 Å². The number of nitrogens with zero attached hydrogens (tertiary/aromatic N) is 3. The van der Waals surface area contributed by atoms with Gasteiger partial charge >= 0.3 is 0 Å². The highest BCUT2D eigenvalue weighted by Crippen LogP contribution is 2.43. The fraction of sp³-hybridized carbons (Fsp3) is 0.0222. The van der Waals surface area contributed by atoms with Crippen LogP contribution in [0.2, 0.25) is 0 Å². The number of hydrogen-bond donors (Lipinski definition) is 1. The Hall–Kier alpha value is -6.08. The van der Waals surface area contributed by atoms with Crippen LogP contribution in [0.3, 0.4) is 0 Å². The van der Waals surface area contributed by atoms with E-state index in [0.29, 0.717) is 0 Å². The summed E-state index contributed by atoms with van der Waals surface area (Å²) in [6, 6.07) is 56.5. The number of para-hydroxylation sites is 1. The molecular weight excluding hydrogens is 661 g/mol. The highest BCUT2D eigenvalue weighted by Gasteiger charge is 2.22.